The van der Waals surface area contributed by atoms with Crippen LogP contribution in [0.4, 0.5) is 0 Å². The summed E-state index contributed by atoms with van der Waals surface area (Å²) in [5.41, 5.74) is 3.95. The Labute approximate surface area is 137 Å². The lowest BCUT2D eigenvalue weighted by Crippen LogP contribution is -2.22. The molecule has 1 heterocycles. The van der Waals surface area contributed by atoms with Crippen molar-refractivity contribution in [2.75, 3.05) is 7.11 Å². The summed E-state index contributed by atoms with van der Waals surface area (Å²) in [6.45, 7) is 4.97. The fourth-order valence-corrected chi connectivity index (χ4v) is 3.77. The lowest BCUT2D eigenvalue weighted by molar-refractivity contribution is 0.0601. The first kappa shape index (κ1) is 16.1. The average molecular weight is 315 g/mol. The van der Waals surface area contributed by atoms with E-state index in [0.717, 1.165) is 48.8 Å². The van der Waals surface area contributed by atoms with Crippen molar-refractivity contribution in [2.24, 2.45) is 5.92 Å². The van der Waals surface area contributed by atoms with Crippen molar-refractivity contribution in [3.63, 3.8) is 0 Å². The summed E-state index contributed by atoms with van der Waals surface area (Å²) >= 11 is 0. The number of rotatable bonds is 3. The first-order chi connectivity index (χ1) is 11.0. The minimum absolute atomic E-state index is 0.137. The molecule has 1 saturated carbocycles. The van der Waals surface area contributed by atoms with Crippen LogP contribution in [0.2, 0.25) is 0 Å². The highest BCUT2D eigenvalue weighted by Crippen LogP contribution is 2.32. The van der Waals surface area contributed by atoms with Crippen LogP contribution in [0.1, 0.15) is 47.3 Å². The molecule has 0 bridgehead atoms. The largest absolute Gasteiger partial charge is 0.465 e. The molecule has 1 N–H and O–H groups in total. The van der Waals surface area contributed by atoms with Crippen LogP contribution in [-0.4, -0.2) is 28.9 Å². The van der Waals surface area contributed by atoms with Gasteiger partial charge in [-0.3, -0.25) is 0 Å². The molecule has 1 aromatic carbocycles. The van der Waals surface area contributed by atoms with Crippen LogP contribution in [0.3, 0.4) is 0 Å². The molecule has 0 radical (unpaired) electrons. The van der Waals surface area contributed by atoms with Crippen molar-refractivity contribution in [2.45, 2.75) is 52.2 Å². The van der Waals surface area contributed by atoms with Gasteiger partial charge in [0, 0.05) is 23.1 Å². The summed E-state index contributed by atoms with van der Waals surface area (Å²) in [5, 5.41) is 10.7. The number of ether oxygens (including phenoxy) is 1. The van der Waals surface area contributed by atoms with E-state index in [2.05, 4.69) is 17.6 Å². The number of benzene rings is 1. The SMILES string of the molecule is COC(=O)c1c(C)n(CC2CCC(O)CC2)c2cc(C)ccc12. The van der Waals surface area contributed by atoms with Crippen molar-refractivity contribution >= 4 is 16.9 Å². The standard InChI is InChI=1S/C19H25NO3/c1-12-4-9-16-17(10-12)20(13(2)18(16)19(22)23-3)11-14-5-7-15(21)8-6-14/h4,9-10,14-15,21H,5-8,11H2,1-3H3. The zero-order valence-electron chi connectivity index (χ0n) is 14.1. The van der Waals surface area contributed by atoms with Gasteiger partial charge in [-0.1, -0.05) is 12.1 Å². The zero-order chi connectivity index (χ0) is 16.6. The smallest absolute Gasteiger partial charge is 0.340 e. The van der Waals surface area contributed by atoms with Crippen LogP contribution in [0, 0.1) is 19.8 Å². The molecule has 1 fully saturated rings. The van der Waals surface area contributed by atoms with E-state index in [-0.39, 0.29) is 12.1 Å². The van der Waals surface area contributed by atoms with E-state index in [4.69, 9.17) is 4.74 Å². The Morgan fingerprint density at radius 2 is 1.96 bits per heavy atom. The summed E-state index contributed by atoms with van der Waals surface area (Å²) in [6, 6.07) is 6.20. The van der Waals surface area contributed by atoms with Gasteiger partial charge >= 0.3 is 5.97 Å². The van der Waals surface area contributed by atoms with Crippen LogP contribution >= 0.6 is 0 Å². The van der Waals surface area contributed by atoms with Crippen LogP contribution in [0.5, 0.6) is 0 Å². The van der Waals surface area contributed by atoms with Crippen LogP contribution < -0.4 is 0 Å². The Hall–Kier alpha value is -1.81. The van der Waals surface area contributed by atoms with Gasteiger partial charge in [-0.2, -0.15) is 0 Å². The lowest BCUT2D eigenvalue weighted by Gasteiger charge is -2.26. The second kappa shape index (κ2) is 6.36. The highest BCUT2D eigenvalue weighted by atomic mass is 16.5. The number of aliphatic hydroxyl groups is 1. The van der Waals surface area contributed by atoms with E-state index in [1.165, 1.54) is 12.7 Å². The summed E-state index contributed by atoms with van der Waals surface area (Å²) in [4.78, 5) is 12.2. The molecule has 3 rings (SSSR count). The molecule has 1 aliphatic carbocycles. The topological polar surface area (TPSA) is 51.5 Å². The molecule has 4 heteroatoms. The van der Waals surface area contributed by atoms with Crippen LogP contribution in [0.25, 0.3) is 10.9 Å². The Morgan fingerprint density at radius 1 is 1.26 bits per heavy atom. The zero-order valence-corrected chi connectivity index (χ0v) is 14.1. The van der Waals surface area contributed by atoms with Gasteiger partial charge < -0.3 is 14.4 Å². The Kier molecular flexibility index (Phi) is 4.44. The van der Waals surface area contributed by atoms with E-state index in [0.29, 0.717) is 11.5 Å². The van der Waals surface area contributed by atoms with Gasteiger partial charge in [-0.25, -0.2) is 4.79 Å². The third kappa shape index (κ3) is 3.00. The van der Waals surface area contributed by atoms with Crippen molar-refractivity contribution in [1.82, 2.24) is 4.57 Å². The number of aryl methyl sites for hydroxylation is 1. The fourth-order valence-electron chi connectivity index (χ4n) is 3.77. The quantitative estimate of drug-likeness (QED) is 0.881. The molecule has 0 saturated heterocycles. The van der Waals surface area contributed by atoms with E-state index in [9.17, 15) is 9.90 Å². The monoisotopic (exact) mass is 315 g/mol. The highest BCUT2D eigenvalue weighted by molar-refractivity contribution is 6.06. The second-order valence-electron chi connectivity index (χ2n) is 6.76. The van der Waals surface area contributed by atoms with E-state index < -0.39 is 0 Å². The molecule has 1 aliphatic rings. The van der Waals surface area contributed by atoms with Crippen LogP contribution in [-0.2, 0) is 11.3 Å². The summed E-state index contributed by atoms with van der Waals surface area (Å²) in [6.07, 6.45) is 3.71. The number of carbonyl (C=O) groups excluding carboxylic acids is 1. The molecule has 0 unspecified atom stereocenters. The normalized spacial score (nSPS) is 21.6. The minimum atomic E-state index is -0.269. The number of fused-ring (bicyclic) bond motifs is 1. The molecule has 0 atom stereocenters. The third-order valence-electron chi connectivity index (χ3n) is 5.13. The predicted molar refractivity (Wildman–Crippen MR) is 90.7 cm³/mol. The average Bonchev–Trinajstić information content (AvgIpc) is 2.81. The number of aliphatic hydroxyl groups excluding tert-OH is 1. The number of carbonyl (C=O) groups is 1. The molecular weight excluding hydrogens is 290 g/mol. The van der Waals surface area contributed by atoms with Gasteiger partial charge in [0.25, 0.3) is 0 Å². The van der Waals surface area contributed by atoms with Crippen molar-refractivity contribution < 1.29 is 14.6 Å². The molecule has 4 nitrogen and oxygen atoms in total. The van der Waals surface area contributed by atoms with Crippen molar-refractivity contribution in [3.8, 4) is 0 Å². The number of hydrogen-bond acceptors (Lipinski definition) is 3. The van der Waals surface area contributed by atoms with E-state index >= 15 is 0 Å². The first-order valence-corrected chi connectivity index (χ1v) is 8.37. The Balaban J connectivity index is 2.03. The molecule has 0 spiro atoms. The van der Waals surface area contributed by atoms with Gasteiger partial charge in [0.1, 0.15) is 0 Å². The molecule has 124 valence electrons. The highest BCUT2D eigenvalue weighted by Gasteiger charge is 2.24. The van der Waals surface area contributed by atoms with Gasteiger partial charge in [-0.15, -0.1) is 0 Å². The maximum Gasteiger partial charge on any atom is 0.340 e. The number of esters is 1. The molecule has 0 amide bonds. The molecular formula is C19H25NO3. The molecule has 2 aromatic rings. The lowest BCUT2D eigenvalue weighted by atomic mass is 9.87. The summed E-state index contributed by atoms with van der Waals surface area (Å²) in [7, 11) is 1.43. The fraction of sp³-hybridized carbons (Fsp3) is 0.526. The Bertz CT molecular complexity index is 724. The number of methoxy groups -OCH3 is 1. The van der Waals surface area contributed by atoms with E-state index in [1.54, 1.807) is 0 Å². The number of hydrogen-bond donors (Lipinski definition) is 1. The van der Waals surface area contributed by atoms with Gasteiger partial charge in [0.15, 0.2) is 0 Å². The number of aromatic nitrogens is 1. The third-order valence-corrected chi connectivity index (χ3v) is 5.13. The molecule has 1 aromatic heterocycles. The Morgan fingerprint density at radius 3 is 2.61 bits per heavy atom. The second-order valence-corrected chi connectivity index (χ2v) is 6.76. The van der Waals surface area contributed by atoms with Crippen molar-refractivity contribution in [1.29, 1.82) is 0 Å². The maximum atomic E-state index is 12.2. The summed E-state index contributed by atoms with van der Waals surface area (Å²) < 4.78 is 7.25. The van der Waals surface area contributed by atoms with Gasteiger partial charge in [0.05, 0.1) is 18.8 Å². The summed E-state index contributed by atoms with van der Waals surface area (Å²) in [5.74, 6) is 0.285. The maximum absolute atomic E-state index is 12.2. The van der Waals surface area contributed by atoms with E-state index in [1.807, 2.05) is 19.1 Å². The number of nitrogens with zero attached hydrogens (tertiary/aromatic N) is 1. The van der Waals surface area contributed by atoms with Gasteiger partial charge in [-0.05, 0) is 57.1 Å². The van der Waals surface area contributed by atoms with Crippen LogP contribution in [0.15, 0.2) is 18.2 Å². The predicted octanol–water partition coefficient (Wildman–Crippen LogP) is 3.60. The first-order valence-electron chi connectivity index (χ1n) is 8.37. The van der Waals surface area contributed by atoms with Gasteiger partial charge in [0.2, 0.25) is 0 Å². The van der Waals surface area contributed by atoms with Crippen molar-refractivity contribution in [3.05, 3.63) is 35.0 Å². The minimum Gasteiger partial charge on any atom is -0.465 e. The molecule has 23 heavy (non-hydrogen) atoms. The molecule has 0 aliphatic heterocycles.